The van der Waals surface area contributed by atoms with E-state index in [9.17, 15) is 18.0 Å². The predicted octanol–water partition coefficient (Wildman–Crippen LogP) is 3.83. The van der Waals surface area contributed by atoms with Crippen molar-refractivity contribution in [3.05, 3.63) is 70.8 Å². The number of aryl methyl sites for hydroxylation is 1. The highest BCUT2D eigenvalue weighted by atomic mass is 19.4. The van der Waals surface area contributed by atoms with Crippen LogP contribution in [0.4, 0.5) is 13.2 Å². The first kappa shape index (κ1) is 18.3. The highest BCUT2D eigenvalue weighted by Gasteiger charge is 2.35. The first-order valence-electron chi connectivity index (χ1n) is 8.96. The summed E-state index contributed by atoms with van der Waals surface area (Å²) in [5, 5.41) is 0.570. The second-order valence-electron chi connectivity index (χ2n) is 6.82. The number of nitrogens with one attached hydrogen (secondary N) is 1. The normalized spacial score (nSPS) is 18.1. The van der Waals surface area contributed by atoms with E-state index in [-0.39, 0.29) is 12.4 Å². The van der Waals surface area contributed by atoms with Crippen LogP contribution in [0.15, 0.2) is 53.5 Å². The minimum atomic E-state index is -4.48. The second kappa shape index (κ2) is 7.14. The van der Waals surface area contributed by atoms with Crippen molar-refractivity contribution in [1.82, 2.24) is 10.4 Å². The molecule has 4 nitrogen and oxygen atoms in total. The number of aliphatic imine (C=N–C) groups is 1. The van der Waals surface area contributed by atoms with Gasteiger partial charge in [0.25, 0.3) is 5.91 Å². The molecular weight excluding hydrogens is 367 g/mol. The van der Waals surface area contributed by atoms with E-state index in [1.54, 1.807) is 6.07 Å². The van der Waals surface area contributed by atoms with Gasteiger partial charge in [-0.2, -0.15) is 13.2 Å². The number of carbonyl (C=O) groups is 1. The molecule has 0 unspecified atom stereocenters. The molecule has 0 saturated carbocycles. The topological polar surface area (TPSA) is 44.7 Å². The largest absolute Gasteiger partial charge is 0.408 e. The molecule has 1 heterocycles. The molecule has 0 saturated heterocycles. The Morgan fingerprint density at radius 1 is 1.11 bits per heavy atom. The highest BCUT2D eigenvalue weighted by molar-refractivity contribution is 6.03. The van der Waals surface area contributed by atoms with Crippen molar-refractivity contribution in [2.24, 2.45) is 4.99 Å². The van der Waals surface area contributed by atoms with Crippen LogP contribution >= 0.6 is 0 Å². The number of amides is 1. The fourth-order valence-electron chi connectivity index (χ4n) is 3.50. The van der Waals surface area contributed by atoms with Crippen molar-refractivity contribution in [3.8, 4) is 0 Å². The van der Waals surface area contributed by atoms with Gasteiger partial charge in [0.1, 0.15) is 18.9 Å². The van der Waals surface area contributed by atoms with Gasteiger partial charge in [-0.15, -0.1) is 0 Å². The number of amidine groups is 1. The third-order valence-electron chi connectivity index (χ3n) is 4.78. The molecule has 0 radical (unpaired) electrons. The van der Waals surface area contributed by atoms with Crippen LogP contribution in [0.2, 0.25) is 0 Å². The number of rotatable bonds is 3. The van der Waals surface area contributed by atoms with Gasteiger partial charge in [0.2, 0.25) is 0 Å². The number of carbonyl (C=O) groups excluding carboxylic acids is 1. The molecular formula is C21H18F3N3O. The van der Waals surface area contributed by atoms with E-state index < -0.39 is 18.6 Å². The maximum atomic E-state index is 12.7. The summed E-state index contributed by atoms with van der Waals surface area (Å²) in [5.74, 6) is -0.446. The second-order valence-corrected chi connectivity index (χ2v) is 6.82. The zero-order valence-corrected chi connectivity index (χ0v) is 15.0. The Kier molecular flexibility index (Phi) is 4.66. The first-order valence-corrected chi connectivity index (χ1v) is 8.96. The molecule has 1 aliphatic heterocycles. The average molecular weight is 385 g/mol. The van der Waals surface area contributed by atoms with Crippen molar-refractivity contribution in [2.45, 2.75) is 19.0 Å². The standard InChI is InChI=1S/C21H18F3N3O/c22-21(23,24)13-27-19(28)12-25-20(26-27)17-6-3-4-14(11-17)10-16-9-8-15-5-1-2-7-18(15)16/h1-7,10-11H,8-9,12-13H2,(H,25,26). The Bertz CT molecular complexity index is 979. The van der Waals surface area contributed by atoms with E-state index in [0.29, 0.717) is 10.6 Å². The molecule has 0 atom stereocenters. The van der Waals surface area contributed by atoms with Gasteiger partial charge >= 0.3 is 6.18 Å². The maximum absolute atomic E-state index is 12.7. The molecule has 1 amide bonds. The van der Waals surface area contributed by atoms with Crippen molar-refractivity contribution < 1.29 is 18.0 Å². The van der Waals surface area contributed by atoms with E-state index in [1.807, 2.05) is 30.3 Å². The van der Waals surface area contributed by atoms with Crippen LogP contribution in [0, 0.1) is 0 Å². The number of hydrogen-bond donors (Lipinski definition) is 1. The van der Waals surface area contributed by atoms with Crippen LogP contribution in [0.25, 0.3) is 11.6 Å². The zero-order chi connectivity index (χ0) is 19.7. The fourth-order valence-corrected chi connectivity index (χ4v) is 3.50. The number of halogens is 3. The Balaban J connectivity index is 1.58. The fraction of sp³-hybridized carbons (Fsp3) is 0.238. The van der Waals surface area contributed by atoms with Gasteiger partial charge in [-0.3, -0.25) is 15.2 Å². The molecule has 2 aromatic rings. The molecule has 4 rings (SSSR count). The van der Waals surface area contributed by atoms with E-state index in [0.717, 1.165) is 18.4 Å². The zero-order valence-electron chi connectivity index (χ0n) is 15.0. The average Bonchev–Trinajstić information content (AvgIpc) is 3.06. The molecule has 2 aliphatic rings. The minimum absolute atomic E-state index is 0.260. The quantitative estimate of drug-likeness (QED) is 0.873. The molecule has 1 N–H and O–H groups in total. The van der Waals surface area contributed by atoms with Gasteiger partial charge in [0, 0.05) is 5.56 Å². The molecule has 28 heavy (non-hydrogen) atoms. The molecule has 0 bridgehead atoms. The van der Waals surface area contributed by atoms with Crippen LogP contribution in [0.1, 0.15) is 28.7 Å². The lowest BCUT2D eigenvalue weighted by Crippen LogP contribution is -2.54. The van der Waals surface area contributed by atoms with Gasteiger partial charge in [-0.05, 0) is 41.2 Å². The number of hydrazine groups is 1. The molecule has 144 valence electrons. The number of allylic oxidation sites excluding steroid dienone is 1. The molecule has 7 heteroatoms. The Labute approximate surface area is 160 Å². The molecule has 2 aromatic carbocycles. The first-order chi connectivity index (χ1) is 13.4. The summed E-state index contributed by atoms with van der Waals surface area (Å²) in [4.78, 5) is 15.8. The van der Waals surface area contributed by atoms with Gasteiger partial charge in [0.05, 0.1) is 0 Å². The third kappa shape index (κ3) is 3.93. The Morgan fingerprint density at radius 3 is 2.75 bits per heavy atom. The van der Waals surface area contributed by atoms with Crippen LogP contribution in [-0.4, -0.2) is 36.0 Å². The monoisotopic (exact) mass is 385 g/mol. The number of hydrogen-bond acceptors (Lipinski definition) is 3. The van der Waals surface area contributed by atoms with Gasteiger partial charge in [-0.25, -0.2) is 5.01 Å². The van der Waals surface area contributed by atoms with Crippen LogP contribution in [0.3, 0.4) is 0 Å². The minimum Gasteiger partial charge on any atom is -0.279 e. The summed E-state index contributed by atoms with van der Waals surface area (Å²) < 4.78 is 38.0. The van der Waals surface area contributed by atoms with Crippen molar-refractivity contribution >= 4 is 23.4 Å². The highest BCUT2D eigenvalue weighted by Crippen LogP contribution is 2.33. The van der Waals surface area contributed by atoms with E-state index in [4.69, 9.17) is 0 Å². The lowest BCUT2D eigenvalue weighted by Gasteiger charge is -2.29. The molecule has 1 aliphatic carbocycles. The third-order valence-corrected chi connectivity index (χ3v) is 4.78. The SMILES string of the molecule is O=C1CN=C(c2cccc(C=C3CCc4ccccc43)c2)NN1CC(F)(F)F. The summed E-state index contributed by atoms with van der Waals surface area (Å²) in [6.45, 7) is -1.66. The number of benzene rings is 2. The predicted molar refractivity (Wildman–Crippen MR) is 101 cm³/mol. The maximum Gasteiger partial charge on any atom is 0.408 e. The van der Waals surface area contributed by atoms with Crippen LogP contribution in [-0.2, 0) is 11.2 Å². The smallest absolute Gasteiger partial charge is 0.279 e. The van der Waals surface area contributed by atoms with Gasteiger partial charge < -0.3 is 0 Å². The molecule has 0 spiro atoms. The molecule has 0 fully saturated rings. The van der Waals surface area contributed by atoms with E-state index in [1.165, 1.54) is 16.7 Å². The summed E-state index contributed by atoms with van der Waals surface area (Å²) >= 11 is 0. The number of nitrogens with zero attached hydrogens (tertiary/aromatic N) is 2. The van der Waals surface area contributed by atoms with Crippen molar-refractivity contribution in [2.75, 3.05) is 13.1 Å². The van der Waals surface area contributed by atoms with Crippen LogP contribution < -0.4 is 5.43 Å². The summed E-state index contributed by atoms with van der Waals surface area (Å²) in [6.07, 6.45) is -0.425. The van der Waals surface area contributed by atoms with Gasteiger partial charge in [0.15, 0.2) is 0 Å². The van der Waals surface area contributed by atoms with E-state index in [2.05, 4.69) is 28.6 Å². The van der Waals surface area contributed by atoms with Crippen molar-refractivity contribution in [1.29, 1.82) is 0 Å². The summed E-state index contributed by atoms with van der Waals surface area (Å²) in [5.41, 5.74) is 7.88. The summed E-state index contributed by atoms with van der Waals surface area (Å²) in [6, 6.07) is 15.7. The van der Waals surface area contributed by atoms with Gasteiger partial charge in [-0.1, -0.05) is 48.5 Å². The number of alkyl halides is 3. The Hall–Kier alpha value is -3.09. The Morgan fingerprint density at radius 2 is 1.93 bits per heavy atom. The van der Waals surface area contributed by atoms with Crippen molar-refractivity contribution in [3.63, 3.8) is 0 Å². The lowest BCUT2D eigenvalue weighted by molar-refractivity contribution is -0.164. The molecule has 0 aromatic heterocycles. The summed E-state index contributed by atoms with van der Waals surface area (Å²) in [7, 11) is 0. The number of fused-ring (bicyclic) bond motifs is 1. The van der Waals surface area contributed by atoms with Crippen LogP contribution in [0.5, 0.6) is 0 Å². The lowest BCUT2D eigenvalue weighted by atomic mass is 10.0. The van der Waals surface area contributed by atoms with E-state index >= 15 is 0 Å².